The molecule has 3 heterocycles. The van der Waals surface area contributed by atoms with Crippen LogP contribution in [0.4, 0.5) is 8.78 Å². The number of hydrogen-bond donors (Lipinski definition) is 0. The first kappa shape index (κ1) is 19.2. The van der Waals surface area contributed by atoms with E-state index >= 15 is 0 Å². The Hall–Kier alpha value is -3.55. The average molecular weight is 430 g/mol. The first-order valence-corrected chi connectivity index (χ1v) is 10.6. The molecule has 1 fully saturated rings. The molecule has 6 rings (SSSR count). The van der Waals surface area contributed by atoms with Crippen LogP contribution in [0, 0.1) is 17.0 Å². The number of fused-ring (bicyclic) bond motifs is 5. The first-order valence-electron chi connectivity index (χ1n) is 10.6. The molecule has 4 aromatic rings. The lowest BCUT2D eigenvalue weighted by molar-refractivity contribution is 0.242. The maximum atomic E-state index is 14.4. The van der Waals surface area contributed by atoms with E-state index in [0.717, 1.165) is 29.8 Å². The maximum absolute atomic E-state index is 14.4. The van der Waals surface area contributed by atoms with Gasteiger partial charge < -0.3 is 0 Å². The Morgan fingerprint density at radius 3 is 2.62 bits per heavy atom. The van der Waals surface area contributed by atoms with Crippen LogP contribution >= 0.6 is 0 Å². The first-order chi connectivity index (χ1) is 15.4. The lowest BCUT2D eigenvalue weighted by Gasteiger charge is -2.37. The van der Waals surface area contributed by atoms with Crippen molar-refractivity contribution >= 4 is 0 Å². The van der Waals surface area contributed by atoms with Crippen LogP contribution in [0.25, 0.3) is 17.1 Å². The van der Waals surface area contributed by atoms with Crippen LogP contribution in [0.15, 0.2) is 55.4 Å². The fourth-order valence-electron chi connectivity index (χ4n) is 5.84. The van der Waals surface area contributed by atoms with Crippen molar-refractivity contribution in [2.24, 2.45) is 5.41 Å². The molecule has 2 atom stereocenters. The standard InChI is InChI=1S/C24H20F2N6/c1-23(2)15-6-7-24(23,19-11-28-12-20(29-19)32-9-8-27-13-32)22-14(15)10-18(30-31-22)21-16(25)4-3-5-17(21)26/h3-5,8-13,15H,6-7H2,1-2H3/t15-,24+/m0/s1. The normalized spacial score (nSPS) is 22.8. The fourth-order valence-corrected chi connectivity index (χ4v) is 5.84. The molecule has 0 spiro atoms. The van der Waals surface area contributed by atoms with Crippen molar-refractivity contribution in [3.8, 4) is 17.1 Å². The highest BCUT2D eigenvalue weighted by Gasteiger charge is 2.65. The van der Waals surface area contributed by atoms with Crippen molar-refractivity contribution < 1.29 is 8.78 Å². The van der Waals surface area contributed by atoms with Crippen molar-refractivity contribution in [2.75, 3.05) is 0 Å². The minimum absolute atomic E-state index is 0.140. The van der Waals surface area contributed by atoms with Gasteiger partial charge in [-0.1, -0.05) is 19.9 Å². The van der Waals surface area contributed by atoms with E-state index in [9.17, 15) is 8.78 Å². The lowest BCUT2D eigenvalue weighted by atomic mass is 9.66. The molecular formula is C24H20F2N6. The third-order valence-electron chi connectivity index (χ3n) is 7.43. The molecule has 0 radical (unpaired) electrons. The molecule has 2 aliphatic rings. The van der Waals surface area contributed by atoms with E-state index in [0.29, 0.717) is 5.82 Å². The predicted molar refractivity (Wildman–Crippen MR) is 113 cm³/mol. The number of rotatable bonds is 3. The van der Waals surface area contributed by atoms with Gasteiger partial charge in [-0.2, -0.15) is 5.10 Å². The molecule has 0 saturated heterocycles. The molecule has 8 heteroatoms. The van der Waals surface area contributed by atoms with Crippen molar-refractivity contribution in [3.63, 3.8) is 0 Å². The molecule has 32 heavy (non-hydrogen) atoms. The Balaban J connectivity index is 1.54. The Labute approximate surface area is 183 Å². The zero-order valence-electron chi connectivity index (χ0n) is 17.6. The van der Waals surface area contributed by atoms with E-state index in [1.807, 2.05) is 16.8 Å². The Morgan fingerprint density at radius 1 is 1.06 bits per heavy atom. The summed E-state index contributed by atoms with van der Waals surface area (Å²) in [5.74, 6) is -0.425. The lowest BCUT2D eigenvalue weighted by Crippen LogP contribution is -2.38. The number of aromatic nitrogens is 6. The minimum atomic E-state index is -0.643. The van der Waals surface area contributed by atoms with Gasteiger partial charge in [-0.05, 0) is 47.9 Å². The van der Waals surface area contributed by atoms with Gasteiger partial charge in [0.05, 0.1) is 34.3 Å². The molecule has 3 aromatic heterocycles. The highest BCUT2D eigenvalue weighted by Crippen LogP contribution is 2.69. The molecule has 6 nitrogen and oxygen atoms in total. The van der Waals surface area contributed by atoms with Crippen LogP contribution in [-0.2, 0) is 5.41 Å². The second-order valence-corrected chi connectivity index (χ2v) is 9.08. The van der Waals surface area contributed by atoms with E-state index < -0.39 is 17.0 Å². The van der Waals surface area contributed by atoms with Crippen molar-refractivity contribution in [2.45, 2.75) is 38.0 Å². The molecule has 2 aliphatic carbocycles. The van der Waals surface area contributed by atoms with Crippen LogP contribution in [0.5, 0.6) is 0 Å². The zero-order valence-corrected chi connectivity index (χ0v) is 17.6. The molecule has 0 N–H and O–H groups in total. The zero-order chi connectivity index (χ0) is 22.1. The monoisotopic (exact) mass is 430 g/mol. The Morgan fingerprint density at radius 2 is 1.88 bits per heavy atom. The van der Waals surface area contributed by atoms with Crippen LogP contribution in [0.2, 0.25) is 0 Å². The summed E-state index contributed by atoms with van der Waals surface area (Å²) in [4.78, 5) is 13.5. The van der Waals surface area contributed by atoms with E-state index in [-0.39, 0.29) is 22.6 Å². The topological polar surface area (TPSA) is 69.4 Å². The van der Waals surface area contributed by atoms with Crippen molar-refractivity contribution in [3.05, 3.63) is 84.0 Å². The molecule has 1 saturated carbocycles. The van der Waals surface area contributed by atoms with Gasteiger partial charge in [-0.15, -0.1) is 5.10 Å². The molecule has 2 bridgehead atoms. The largest absolute Gasteiger partial charge is 0.289 e. The van der Waals surface area contributed by atoms with E-state index in [1.54, 1.807) is 24.9 Å². The Bertz CT molecular complexity index is 1330. The molecule has 0 unspecified atom stereocenters. The number of benzene rings is 1. The van der Waals surface area contributed by atoms with E-state index in [1.165, 1.54) is 18.2 Å². The molecule has 0 aliphatic heterocycles. The van der Waals surface area contributed by atoms with Gasteiger partial charge in [-0.3, -0.25) is 9.55 Å². The second-order valence-electron chi connectivity index (χ2n) is 9.08. The van der Waals surface area contributed by atoms with Crippen LogP contribution in [-0.4, -0.2) is 29.7 Å². The van der Waals surface area contributed by atoms with Crippen molar-refractivity contribution in [1.29, 1.82) is 0 Å². The van der Waals surface area contributed by atoms with Gasteiger partial charge in [0.25, 0.3) is 0 Å². The van der Waals surface area contributed by atoms with Gasteiger partial charge in [-0.25, -0.2) is 18.7 Å². The van der Waals surface area contributed by atoms with Gasteiger partial charge in [0, 0.05) is 18.6 Å². The van der Waals surface area contributed by atoms with E-state index in [2.05, 4.69) is 34.0 Å². The summed E-state index contributed by atoms with van der Waals surface area (Å²) in [6.07, 6.45) is 10.5. The molecule has 0 amide bonds. The Kier molecular flexibility index (Phi) is 3.88. The van der Waals surface area contributed by atoms with Crippen LogP contribution in [0.1, 0.15) is 49.6 Å². The summed E-state index contributed by atoms with van der Waals surface area (Å²) in [7, 11) is 0. The quantitative estimate of drug-likeness (QED) is 0.475. The number of imidazole rings is 1. The van der Waals surface area contributed by atoms with E-state index in [4.69, 9.17) is 4.98 Å². The van der Waals surface area contributed by atoms with Gasteiger partial charge in [0.15, 0.2) is 5.82 Å². The summed E-state index contributed by atoms with van der Waals surface area (Å²) >= 11 is 0. The van der Waals surface area contributed by atoms with Crippen molar-refractivity contribution in [1.82, 2.24) is 29.7 Å². The maximum Gasteiger partial charge on any atom is 0.156 e. The smallest absolute Gasteiger partial charge is 0.156 e. The summed E-state index contributed by atoms with van der Waals surface area (Å²) < 4.78 is 30.6. The average Bonchev–Trinajstić information content (AvgIpc) is 3.45. The summed E-state index contributed by atoms with van der Waals surface area (Å²) in [5.41, 5.74) is 2.04. The third-order valence-corrected chi connectivity index (χ3v) is 7.43. The highest BCUT2D eigenvalue weighted by atomic mass is 19.1. The predicted octanol–water partition coefficient (Wildman–Crippen LogP) is 4.60. The summed E-state index contributed by atoms with van der Waals surface area (Å²) in [5, 5.41) is 8.84. The van der Waals surface area contributed by atoms with Crippen LogP contribution < -0.4 is 0 Å². The third kappa shape index (κ3) is 2.35. The fraction of sp³-hybridized carbons (Fsp3) is 0.292. The number of hydrogen-bond acceptors (Lipinski definition) is 5. The molecular weight excluding hydrogens is 410 g/mol. The highest BCUT2D eigenvalue weighted by molar-refractivity contribution is 5.64. The molecule has 160 valence electrons. The summed E-state index contributed by atoms with van der Waals surface area (Å²) in [6.45, 7) is 4.42. The number of halogens is 2. The van der Waals surface area contributed by atoms with Gasteiger partial charge in [0.2, 0.25) is 0 Å². The van der Waals surface area contributed by atoms with Gasteiger partial charge in [0.1, 0.15) is 18.0 Å². The number of nitrogens with zero attached hydrogens (tertiary/aromatic N) is 6. The minimum Gasteiger partial charge on any atom is -0.289 e. The summed E-state index contributed by atoms with van der Waals surface area (Å²) in [6, 6.07) is 5.63. The second kappa shape index (κ2) is 6.48. The van der Waals surface area contributed by atoms with Crippen LogP contribution in [0.3, 0.4) is 0 Å². The SMILES string of the molecule is CC1(C)[C@H]2CC[C@@]1(c1cncc(-n3ccnc3)n1)c1nnc(-c3c(F)cccc3F)cc12. The van der Waals surface area contributed by atoms with Gasteiger partial charge >= 0.3 is 0 Å². The molecule has 1 aromatic carbocycles.